The van der Waals surface area contributed by atoms with Crippen molar-refractivity contribution in [3.8, 4) is 0 Å². The second kappa shape index (κ2) is 53.5. The zero-order chi connectivity index (χ0) is 54.7. The molecule has 0 aromatic heterocycles. The summed E-state index contributed by atoms with van der Waals surface area (Å²) in [5, 5.41) is 76.3. The van der Waals surface area contributed by atoms with Crippen molar-refractivity contribution >= 4 is 5.91 Å². The van der Waals surface area contributed by atoms with Crippen LogP contribution in [-0.2, 0) is 14.3 Å². The van der Waals surface area contributed by atoms with Crippen LogP contribution in [0.1, 0.15) is 322 Å². The molecule has 0 aromatic rings. The monoisotopic (exact) mass is 1070 g/mol. The van der Waals surface area contributed by atoms with Crippen molar-refractivity contribution in [1.82, 2.24) is 5.32 Å². The van der Waals surface area contributed by atoms with E-state index in [1.54, 1.807) is 0 Å². The van der Waals surface area contributed by atoms with Crippen molar-refractivity contribution in [2.75, 3.05) is 13.2 Å². The van der Waals surface area contributed by atoms with E-state index in [0.29, 0.717) is 12.8 Å². The number of carbonyl (C=O) groups is 1. The highest BCUT2D eigenvalue weighted by Gasteiger charge is 2.44. The van der Waals surface area contributed by atoms with Gasteiger partial charge in [0.25, 0.3) is 0 Å². The van der Waals surface area contributed by atoms with E-state index in [4.69, 9.17) is 9.47 Å². The first-order chi connectivity index (χ1) is 36.7. The van der Waals surface area contributed by atoms with Crippen LogP contribution in [0.2, 0.25) is 0 Å². The molecule has 0 saturated carbocycles. The normalized spacial score (nSPS) is 19.7. The Balaban J connectivity index is 2.24. The van der Waals surface area contributed by atoms with Crippen LogP contribution < -0.4 is 5.32 Å². The van der Waals surface area contributed by atoms with Gasteiger partial charge in [-0.3, -0.25) is 4.79 Å². The predicted molar refractivity (Wildman–Crippen MR) is 312 cm³/mol. The predicted octanol–water partition coefficient (Wildman–Crippen LogP) is 14.7. The molecule has 0 spiro atoms. The SMILES string of the molecule is CCCCCCCCCCCCCCCCCC/C=C/CCCC(O)C(O)C(COC1OC(CO)C(O)C(O)C1O)NC(=O)C(O)CCCCCCCCCCCCCCCCCCCCCCCCCCCCC. The summed E-state index contributed by atoms with van der Waals surface area (Å²) in [6.45, 7) is 3.50. The number of allylic oxidation sites excluding steroid dienone is 2. The van der Waals surface area contributed by atoms with E-state index in [0.717, 1.165) is 38.5 Å². The Hall–Kier alpha value is -1.15. The van der Waals surface area contributed by atoms with Crippen LogP contribution in [0.15, 0.2) is 12.2 Å². The van der Waals surface area contributed by atoms with Crippen LogP contribution in [-0.4, -0.2) is 110 Å². The van der Waals surface area contributed by atoms with Crippen molar-refractivity contribution in [2.24, 2.45) is 0 Å². The van der Waals surface area contributed by atoms with E-state index in [-0.39, 0.29) is 12.8 Å². The molecule has 1 heterocycles. The minimum atomic E-state index is -1.67. The van der Waals surface area contributed by atoms with Gasteiger partial charge in [0.05, 0.1) is 25.4 Å². The van der Waals surface area contributed by atoms with Crippen molar-refractivity contribution in [3.05, 3.63) is 12.2 Å². The Bertz CT molecular complexity index is 1220. The smallest absolute Gasteiger partial charge is 0.249 e. The second-order valence-electron chi connectivity index (χ2n) is 23.2. The molecule has 1 aliphatic rings. The number of ether oxygens (including phenoxy) is 2. The summed E-state index contributed by atoms with van der Waals surface area (Å²) in [5.41, 5.74) is 0. The lowest BCUT2D eigenvalue weighted by Gasteiger charge is -2.40. The quantitative estimate of drug-likeness (QED) is 0.0215. The van der Waals surface area contributed by atoms with Gasteiger partial charge in [-0.1, -0.05) is 296 Å². The summed E-state index contributed by atoms with van der Waals surface area (Å²) in [7, 11) is 0. The second-order valence-corrected chi connectivity index (χ2v) is 23.2. The molecule has 1 fully saturated rings. The summed E-state index contributed by atoms with van der Waals surface area (Å²) >= 11 is 0. The first kappa shape index (κ1) is 71.9. The molecular formula is C64H125NO10. The molecule has 75 heavy (non-hydrogen) atoms. The lowest BCUT2D eigenvalue weighted by Crippen LogP contribution is -2.60. The zero-order valence-corrected chi connectivity index (χ0v) is 49.1. The van der Waals surface area contributed by atoms with Crippen molar-refractivity contribution in [1.29, 1.82) is 0 Å². The van der Waals surface area contributed by atoms with Crippen molar-refractivity contribution in [2.45, 2.75) is 377 Å². The van der Waals surface area contributed by atoms with Crippen LogP contribution in [0, 0.1) is 0 Å². The Kier molecular flexibility index (Phi) is 51.3. The molecule has 11 heteroatoms. The first-order valence-electron chi connectivity index (χ1n) is 32.6. The van der Waals surface area contributed by atoms with E-state index < -0.39 is 74.2 Å². The van der Waals surface area contributed by atoms with E-state index in [1.165, 1.54) is 244 Å². The molecule has 8 N–H and O–H groups in total. The molecule has 0 bridgehead atoms. The van der Waals surface area contributed by atoms with Gasteiger partial charge in [0, 0.05) is 0 Å². The molecule has 0 radical (unpaired) electrons. The minimum Gasteiger partial charge on any atom is -0.394 e. The number of rotatable bonds is 57. The number of aliphatic hydroxyl groups excluding tert-OH is 7. The van der Waals surface area contributed by atoms with Gasteiger partial charge in [-0.25, -0.2) is 0 Å². The Morgan fingerprint density at radius 3 is 1.15 bits per heavy atom. The lowest BCUT2D eigenvalue weighted by molar-refractivity contribution is -0.303. The van der Waals surface area contributed by atoms with Crippen LogP contribution in [0.3, 0.4) is 0 Å². The fraction of sp³-hybridized carbons (Fsp3) is 0.953. The van der Waals surface area contributed by atoms with Crippen molar-refractivity contribution < 1.29 is 50.0 Å². The summed E-state index contributed by atoms with van der Waals surface area (Å²) in [5.74, 6) is -0.699. The standard InChI is InChI=1S/C64H125NO10/c1-3-5-7-9-11-13-15-17-19-21-23-25-26-27-28-29-30-32-34-36-38-40-42-44-46-48-50-52-57(68)63(73)65-55(54-74-64-62(72)61(71)60(70)58(53-66)75-64)59(69)56(67)51-49-47-45-43-41-39-37-35-33-31-24-22-20-18-16-14-12-10-8-6-4-2/h43,45,55-62,64,66-72H,3-42,44,46-54H2,1-2H3,(H,65,73)/b45-43+. The van der Waals surface area contributed by atoms with E-state index in [2.05, 4.69) is 31.3 Å². The van der Waals surface area contributed by atoms with Gasteiger partial charge in [0.15, 0.2) is 6.29 Å². The third kappa shape index (κ3) is 41.5. The molecule has 1 aliphatic heterocycles. The number of hydrogen-bond acceptors (Lipinski definition) is 10. The van der Waals surface area contributed by atoms with Gasteiger partial charge >= 0.3 is 0 Å². The maximum atomic E-state index is 13.2. The van der Waals surface area contributed by atoms with Gasteiger partial charge in [0.1, 0.15) is 36.6 Å². The first-order valence-corrected chi connectivity index (χ1v) is 32.6. The molecule has 446 valence electrons. The van der Waals surface area contributed by atoms with E-state index >= 15 is 0 Å². The highest BCUT2D eigenvalue weighted by atomic mass is 16.7. The van der Waals surface area contributed by atoms with E-state index in [1.807, 2.05) is 0 Å². The summed E-state index contributed by atoms with van der Waals surface area (Å²) < 4.78 is 11.2. The summed E-state index contributed by atoms with van der Waals surface area (Å²) in [4.78, 5) is 13.2. The Morgan fingerprint density at radius 2 is 0.787 bits per heavy atom. The molecule has 0 aromatic carbocycles. The third-order valence-electron chi connectivity index (χ3n) is 16.1. The number of unbranched alkanes of at least 4 members (excludes halogenated alkanes) is 43. The number of hydrogen-bond donors (Lipinski definition) is 8. The van der Waals surface area contributed by atoms with Crippen LogP contribution in [0.4, 0.5) is 0 Å². The van der Waals surface area contributed by atoms with Gasteiger partial charge < -0.3 is 50.5 Å². The number of aliphatic hydroxyl groups is 7. The average Bonchev–Trinajstić information content (AvgIpc) is 3.41. The van der Waals surface area contributed by atoms with Gasteiger partial charge in [0.2, 0.25) is 5.91 Å². The number of carbonyl (C=O) groups excluding carboxylic acids is 1. The molecule has 1 rings (SSSR count). The largest absolute Gasteiger partial charge is 0.394 e. The molecule has 1 saturated heterocycles. The molecule has 9 unspecified atom stereocenters. The topological polar surface area (TPSA) is 189 Å². The van der Waals surface area contributed by atoms with Crippen LogP contribution in [0.25, 0.3) is 0 Å². The number of amides is 1. The van der Waals surface area contributed by atoms with E-state index in [9.17, 15) is 40.5 Å². The molecule has 9 atom stereocenters. The summed E-state index contributed by atoms with van der Waals surface area (Å²) in [6, 6.07) is -1.18. The average molecular weight is 1070 g/mol. The fourth-order valence-electron chi connectivity index (χ4n) is 10.8. The highest BCUT2D eigenvalue weighted by molar-refractivity contribution is 5.80. The van der Waals surface area contributed by atoms with Crippen molar-refractivity contribution in [3.63, 3.8) is 0 Å². The molecule has 1 amide bonds. The maximum Gasteiger partial charge on any atom is 0.249 e. The number of nitrogens with one attached hydrogen (secondary N) is 1. The van der Waals surface area contributed by atoms with Crippen LogP contribution in [0.5, 0.6) is 0 Å². The Morgan fingerprint density at radius 1 is 0.453 bits per heavy atom. The highest BCUT2D eigenvalue weighted by Crippen LogP contribution is 2.24. The molecule has 11 nitrogen and oxygen atoms in total. The molecular weight excluding hydrogens is 943 g/mol. The van der Waals surface area contributed by atoms with Crippen LogP contribution >= 0.6 is 0 Å². The maximum absolute atomic E-state index is 13.2. The lowest BCUT2D eigenvalue weighted by atomic mass is 9.98. The third-order valence-corrected chi connectivity index (χ3v) is 16.1. The minimum absolute atomic E-state index is 0.260. The van der Waals surface area contributed by atoms with Gasteiger partial charge in [-0.05, 0) is 38.5 Å². The Labute approximate surface area is 462 Å². The molecule has 0 aliphatic carbocycles. The fourth-order valence-corrected chi connectivity index (χ4v) is 10.8. The summed E-state index contributed by atoms with van der Waals surface area (Å²) in [6.07, 6.45) is 52.8. The zero-order valence-electron chi connectivity index (χ0n) is 49.1. The van der Waals surface area contributed by atoms with Gasteiger partial charge in [-0.2, -0.15) is 0 Å². The van der Waals surface area contributed by atoms with Gasteiger partial charge in [-0.15, -0.1) is 0 Å².